The Balaban J connectivity index is 1.07. The van der Waals surface area contributed by atoms with Crippen molar-refractivity contribution in [3.8, 4) is 5.75 Å². The normalized spacial score (nSPS) is 26.7. The molecule has 3 aromatic heterocycles. The summed E-state index contributed by atoms with van der Waals surface area (Å²) in [6.45, 7) is 6.71. The maximum absolute atomic E-state index is 15.6. The maximum atomic E-state index is 15.6. The van der Waals surface area contributed by atoms with Gasteiger partial charge >= 0.3 is 0 Å². The molecule has 238 valence electrons. The molecular formula is C35H34Cl2FN5O3. The summed E-state index contributed by atoms with van der Waals surface area (Å²) in [6.07, 6.45) is 4.96. The zero-order valence-electron chi connectivity index (χ0n) is 25.9. The number of hydrogen-bond acceptors (Lipinski definition) is 7. The van der Waals surface area contributed by atoms with Crippen LogP contribution in [-0.4, -0.2) is 44.6 Å². The summed E-state index contributed by atoms with van der Waals surface area (Å²) in [6, 6.07) is 15.0. The van der Waals surface area contributed by atoms with E-state index in [4.69, 9.17) is 42.4 Å². The molecule has 8 rings (SSSR count). The summed E-state index contributed by atoms with van der Waals surface area (Å²) in [5.41, 5.74) is 3.17. The standard InChI is InChI=1S/C35H34Cl2FN5O3/c1-18(11-20-12-26(38)23-14-25(36)32(42-27(23)13-20)39-16-19-5-7-21(44-4)8-6-19)35-15-24(35)28(29-30(35)46-34(2,3)45-29)43-10-9-22-31(37)40-17-41-33(22)43/h5-10,12-14,17-18,24,28-30H,11,15-16H2,1-4H3,(H,39,42)/t18?,24-,28-,29+,30+,35+/m1/s1. The van der Waals surface area contributed by atoms with Crippen LogP contribution in [0.4, 0.5) is 10.2 Å². The van der Waals surface area contributed by atoms with Gasteiger partial charge in [0.15, 0.2) is 5.79 Å². The number of rotatable bonds is 8. The van der Waals surface area contributed by atoms with Gasteiger partial charge in [-0.05, 0) is 86.1 Å². The molecule has 2 saturated carbocycles. The third-order valence-corrected chi connectivity index (χ3v) is 10.9. The summed E-state index contributed by atoms with van der Waals surface area (Å²) in [5, 5.41) is 5.33. The van der Waals surface area contributed by atoms with E-state index in [9.17, 15) is 0 Å². The lowest BCUT2D eigenvalue weighted by Gasteiger charge is -2.29. The van der Waals surface area contributed by atoms with E-state index in [1.807, 2.05) is 56.4 Å². The van der Waals surface area contributed by atoms with Crippen LogP contribution in [0.1, 0.15) is 44.4 Å². The molecule has 0 bridgehead atoms. The molecule has 1 saturated heterocycles. The number of aromatic nitrogens is 4. The van der Waals surface area contributed by atoms with Crippen LogP contribution in [0.3, 0.4) is 0 Å². The molecule has 6 atom stereocenters. The fourth-order valence-electron chi connectivity index (χ4n) is 8.13. The van der Waals surface area contributed by atoms with Gasteiger partial charge in [-0.2, -0.15) is 0 Å². The molecule has 11 heteroatoms. The predicted octanol–water partition coefficient (Wildman–Crippen LogP) is 8.01. The summed E-state index contributed by atoms with van der Waals surface area (Å²) in [7, 11) is 1.64. The highest BCUT2D eigenvalue weighted by molar-refractivity contribution is 6.34. The third kappa shape index (κ3) is 4.74. The van der Waals surface area contributed by atoms with E-state index in [2.05, 4.69) is 26.8 Å². The van der Waals surface area contributed by atoms with E-state index in [1.165, 1.54) is 6.33 Å². The SMILES string of the molecule is COc1ccc(CNc2nc3cc(CC(C)[C@@]45C[C@@H]4[C@@H](n4ccc6c(Cl)ncnc64)[C@@H]4OC(C)(C)O[C@@H]45)cc(F)c3cc2Cl)cc1. The van der Waals surface area contributed by atoms with Crippen molar-refractivity contribution in [3.05, 3.63) is 88.2 Å². The maximum Gasteiger partial charge on any atom is 0.163 e. The van der Waals surface area contributed by atoms with E-state index < -0.39 is 5.79 Å². The number of anilines is 1. The highest BCUT2D eigenvalue weighted by atomic mass is 35.5. The Kier molecular flexibility index (Phi) is 6.99. The van der Waals surface area contributed by atoms with Gasteiger partial charge in [-0.25, -0.2) is 19.3 Å². The molecule has 3 fully saturated rings. The predicted molar refractivity (Wildman–Crippen MR) is 176 cm³/mol. The Morgan fingerprint density at radius 1 is 1.07 bits per heavy atom. The van der Waals surface area contributed by atoms with Crippen LogP contribution >= 0.6 is 23.2 Å². The van der Waals surface area contributed by atoms with Crippen LogP contribution in [0.25, 0.3) is 21.9 Å². The van der Waals surface area contributed by atoms with Crippen LogP contribution in [0.15, 0.2) is 61.1 Å². The Bertz CT molecular complexity index is 1990. The smallest absolute Gasteiger partial charge is 0.163 e. The Morgan fingerprint density at radius 3 is 2.65 bits per heavy atom. The molecule has 1 N–H and O–H groups in total. The van der Waals surface area contributed by atoms with Crippen LogP contribution < -0.4 is 10.1 Å². The van der Waals surface area contributed by atoms with Crippen molar-refractivity contribution in [2.45, 2.75) is 64.2 Å². The van der Waals surface area contributed by atoms with Gasteiger partial charge in [-0.15, -0.1) is 0 Å². The molecule has 2 aliphatic carbocycles. The van der Waals surface area contributed by atoms with Crippen molar-refractivity contribution in [2.24, 2.45) is 17.3 Å². The molecular weight excluding hydrogens is 628 g/mol. The summed E-state index contributed by atoms with van der Waals surface area (Å²) < 4.78 is 36.2. The number of nitrogens with one attached hydrogen (secondary N) is 1. The lowest BCUT2D eigenvalue weighted by Crippen LogP contribution is -2.35. The summed E-state index contributed by atoms with van der Waals surface area (Å²) >= 11 is 12.9. The first-order valence-corrected chi connectivity index (χ1v) is 16.3. The second-order valence-electron chi connectivity index (χ2n) is 13.3. The molecule has 46 heavy (non-hydrogen) atoms. The minimum Gasteiger partial charge on any atom is -0.497 e. The van der Waals surface area contributed by atoms with E-state index in [0.717, 1.165) is 34.3 Å². The monoisotopic (exact) mass is 661 g/mol. The Labute approximate surface area is 276 Å². The molecule has 5 aromatic rings. The Hall–Kier alpha value is -3.50. The van der Waals surface area contributed by atoms with Gasteiger partial charge < -0.3 is 24.1 Å². The van der Waals surface area contributed by atoms with Crippen LogP contribution in [0, 0.1) is 23.1 Å². The average molecular weight is 663 g/mol. The van der Waals surface area contributed by atoms with E-state index >= 15 is 4.39 Å². The highest BCUT2D eigenvalue weighted by Crippen LogP contribution is 2.74. The molecule has 4 heterocycles. The lowest BCUT2D eigenvalue weighted by molar-refractivity contribution is -0.163. The lowest BCUT2D eigenvalue weighted by atomic mass is 9.81. The molecule has 3 aliphatic rings. The second kappa shape index (κ2) is 10.8. The van der Waals surface area contributed by atoms with Crippen molar-refractivity contribution in [2.75, 3.05) is 12.4 Å². The first kappa shape index (κ1) is 29.9. The van der Waals surface area contributed by atoms with Crippen molar-refractivity contribution < 1.29 is 18.6 Å². The molecule has 1 unspecified atom stereocenters. The van der Waals surface area contributed by atoms with Crippen molar-refractivity contribution >= 4 is 51.0 Å². The van der Waals surface area contributed by atoms with Gasteiger partial charge in [-0.3, -0.25) is 0 Å². The minimum atomic E-state index is -0.711. The third-order valence-electron chi connectivity index (χ3n) is 10.3. The van der Waals surface area contributed by atoms with E-state index in [-0.39, 0.29) is 35.4 Å². The van der Waals surface area contributed by atoms with Gasteiger partial charge in [0.05, 0.1) is 35.2 Å². The van der Waals surface area contributed by atoms with Gasteiger partial charge in [0.1, 0.15) is 40.6 Å². The summed E-state index contributed by atoms with van der Waals surface area (Å²) in [4.78, 5) is 13.5. The minimum absolute atomic E-state index is 0.0363. The fourth-order valence-corrected chi connectivity index (χ4v) is 8.54. The molecule has 0 spiro atoms. The second-order valence-corrected chi connectivity index (χ2v) is 14.1. The van der Waals surface area contributed by atoms with Gasteiger partial charge in [0.25, 0.3) is 0 Å². The largest absolute Gasteiger partial charge is 0.497 e. The van der Waals surface area contributed by atoms with Crippen LogP contribution in [0.5, 0.6) is 5.75 Å². The van der Waals surface area contributed by atoms with Crippen LogP contribution in [0.2, 0.25) is 10.2 Å². The topological polar surface area (TPSA) is 83.3 Å². The van der Waals surface area contributed by atoms with E-state index in [0.29, 0.717) is 45.8 Å². The molecule has 0 amide bonds. The van der Waals surface area contributed by atoms with Gasteiger partial charge in [-0.1, -0.05) is 42.3 Å². The van der Waals surface area contributed by atoms with Crippen molar-refractivity contribution in [1.82, 2.24) is 19.5 Å². The fraction of sp³-hybridized carbons (Fsp3) is 0.400. The van der Waals surface area contributed by atoms with Crippen LogP contribution in [-0.2, 0) is 22.4 Å². The number of methoxy groups -OCH3 is 1. The first-order chi connectivity index (χ1) is 22.1. The number of benzene rings is 2. The quantitative estimate of drug-likeness (QED) is 0.169. The summed E-state index contributed by atoms with van der Waals surface area (Å²) in [5.74, 6) is 0.755. The molecule has 8 nitrogen and oxygen atoms in total. The van der Waals surface area contributed by atoms with Crippen molar-refractivity contribution in [3.63, 3.8) is 0 Å². The molecule has 2 aromatic carbocycles. The Morgan fingerprint density at radius 2 is 1.87 bits per heavy atom. The molecule has 1 aliphatic heterocycles. The zero-order chi connectivity index (χ0) is 32.0. The average Bonchev–Trinajstić information content (AvgIpc) is 3.33. The number of pyridine rings is 1. The zero-order valence-corrected chi connectivity index (χ0v) is 27.4. The van der Waals surface area contributed by atoms with E-state index in [1.54, 1.807) is 19.2 Å². The highest BCUT2D eigenvalue weighted by Gasteiger charge is 2.77. The number of ether oxygens (including phenoxy) is 3. The molecule has 0 radical (unpaired) electrons. The number of halogens is 3. The number of hydrogen-bond donors (Lipinski definition) is 1. The number of fused-ring (bicyclic) bond motifs is 5. The number of nitrogens with zero attached hydrogens (tertiary/aromatic N) is 4. The first-order valence-electron chi connectivity index (χ1n) is 15.6. The van der Waals surface area contributed by atoms with Gasteiger partial charge in [0.2, 0.25) is 0 Å². The van der Waals surface area contributed by atoms with Crippen molar-refractivity contribution in [1.29, 1.82) is 0 Å². The van der Waals surface area contributed by atoms with Gasteiger partial charge in [0, 0.05) is 23.5 Å².